The monoisotopic (exact) mass is 458 g/mol. The van der Waals surface area contributed by atoms with Gasteiger partial charge in [0.05, 0.1) is 5.69 Å². The van der Waals surface area contributed by atoms with Crippen LogP contribution in [-0.4, -0.2) is 47.0 Å². The van der Waals surface area contributed by atoms with E-state index in [4.69, 9.17) is 4.74 Å². The molecule has 0 bridgehead atoms. The van der Waals surface area contributed by atoms with Crippen LogP contribution in [-0.2, 0) is 9.47 Å². The Balaban J connectivity index is 1.67. The van der Waals surface area contributed by atoms with Gasteiger partial charge in [-0.15, -0.1) is 5.10 Å². The van der Waals surface area contributed by atoms with E-state index in [0.717, 1.165) is 12.1 Å². The number of hydrogen-bond acceptors (Lipinski definition) is 6. The standard InChI is InChI=1S/C19H15F5N4O4/c1-30-11-31-17(29)26-13-4-2-12(3-5-13)16-25-10-28(27-16)14-6-8-15(9-7-14)32-19(23,24)18(20,21)22/h2-10H,11H2,1H3,(H,26,29). The lowest BCUT2D eigenvalue weighted by atomic mass is 10.2. The molecule has 0 saturated carbocycles. The number of halogens is 5. The van der Waals surface area contributed by atoms with Crippen molar-refractivity contribution in [2.75, 3.05) is 19.2 Å². The van der Waals surface area contributed by atoms with Crippen molar-refractivity contribution in [2.24, 2.45) is 0 Å². The fourth-order valence-corrected chi connectivity index (χ4v) is 2.36. The Kier molecular flexibility index (Phi) is 6.58. The van der Waals surface area contributed by atoms with Crippen molar-refractivity contribution in [1.82, 2.24) is 14.8 Å². The van der Waals surface area contributed by atoms with E-state index in [1.165, 1.54) is 30.3 Å². The van der Waals surface area contributed by atoms with E-state index in [1.807, 2.05) is 0 Å². The highest BCUT2D eigenvalue weighted by Gasteiger charge is 2.61. The molecule has 0 fully saturated rings. The number of anilines is 1. The summed E-state index contributed by atoms with van der Waals surface area (Å²) in [4.78, 5) is 15.6. The third kappa shape index (κ3) is 5.49. The Morgan fingerprint density at radius 2 is 1.69 bits per heavy atom. The molecule has 0 radical (unpaired) electrons. The maximum atomic E-state index is 13.0. The second-order valence-corrected chi connectivity index (χ2v) is 6.16. The lowest BCUT2D eigenvalue weighted by Gasteiger charge is -2.20. The fraction of sp³-hybridized carbons (Fsp3) is 0.211. The summed E-state index contributed by atoms with van der Waals surface area (Å²) in [5, 5.41) is 6.73. The van der Waals surface area contributed by atoms with Gasteiger partial charge in [-0.1, -0.05) is 0 Å². The largest absolute Gasteiger partial charge is 0.499 e. The van der Waals surface area contributed by atoms with Crippen molar-refractivity contribution in [3.05, 3.63) is 54.9 Å². The molecule has 3 aromatic rings. The van der Waals surface area contributed by atoms with Crippen LogP contribution in [0, 0.1) is 0 Å². The van der Waals surface area contributed by atoms with E-state index in [0.29, 0.717) is 22.8 Å². The number of rotatable bonds is 7. The molecule has 0 unspecified atom stereocenters. The van der Waals surface area contributed by atoms with Gasteiger partial charge in [-0.05, 0) is 48.5 Å². The number of carbonyl (C=O) groups is 1. The molecule has 1 heterocycles. The number of aromatic nitrogens is 3. The van der Waals surface area contributed by atoms with Crippen molar-refractivity contribution < 1.29 is 41.0 Å². The van der Waals surface area contributed by atoms with Crippen molar-refractivity contribution in [3.63, 3.8) is 0 Å². The third-order valence-electron chi connectivity index (χ3n) is 3.87. The van der Waals surface area contributed by atoms with Gasteiger partial charge in [0.1, 0.15) is 12.1 Å². The highest BCUT2D eigenvalue weighted by Crippen LogP contribution is 2.37. The van der Waals surface area contributed by atoms with Gasteiger partial charge in [-0.25, -0.2) is 14.5 Å². The first-order chi connectivity index (χ1) is 15.1. The molecule has 0 atom stereocenters. The van der Waals surface area contributed by atoms with Crippen molar-refractivity contribution >= 4 is 11.8 Å². The van der Waals surface area contributed by atoms with Crippen LogP contribution in [0.15, 0.2) is 54.9 Å². The number of hydrogen-bond donors (Lipinski definition) is 1. The molecule has 0 aliphatic carbocycles. The van der Waals surface area contributed by atoms with Gasteiger partial charge in [0.25, 0.3) is 0 Å². The molecule has 0 aliphatic rings. The minimum absolute atomic E-state index is 0.191. The second-order valence-electron chi connectivity index (χ2n) is 6.16. The molecule has 1 aromatic heterocycles. The number of nitrogens with zero attached hydrogens (tertiary/aromatic N) is 3. The molecule has 8 nitrogen and oxygen atoms in total. The van der Waals surface area contributed by atoms with Crippen LogP contribution in [0.3, 0.4) is 0 Å². The van der Waals surface area contributed by atoms with Crippen LogP contribution in [0.4, 0.5) is 32.4 Å². The van der Waals surface area contributed by atoms with Crippen LogP contribution in [0.1, 0.15) is 0 Å². The van der Waals surface area contributed by atoms with Crippen molar-refractivity contribution in [1.29, 1.82) is 0 Å². The van der Waals surface area contributed by atoms with Gasteiger partial charge >= 0.3 is 18.4 Å². The molecule has 0 saturated heterocycles. The van der Waals surface area contributed by atoms with Gasteiger partial charge in [-0.2, -0.15) is 22.0 Å². The van der Waals surface area contributed by atoms with Crippen LogP contribution < -0.4 is 10.1 Å². The van der Waals surface area contributed by atoms with Gasteiger partial charge in [0.15, 0.2) is 12.6 Å². The van der Waals surface area contributed by atoms with Crippen molar-refractivity contribution in [2.45, 2.75) is 12.3 Å². The molecular weight excluding hydrogens is 443 g/mol. The quantitative estimate of drug-likeness (QED) is 0.411. The molecule has 1 amide bonds. The summed E-state index contributed by atoms with van der Waals surface area (Å²) in [5.41, 5.74) is 1.41. The number of amides is 1. The SMILES string of the molecule is COCOC(=O)Nc1ccc(-c2ncn(-c3ccc(OC(F)(F)C(F)(F)F)cc3)n2)cc1. The summed E-state index contributed by atoms with van der Waals surface area (Å²) in [6, 6.07) is 10.9. The third-order valence-corrected chi connectivity index (χ3v) is 3.87. The number of carbonyl (C=O) groups excluding carboxylic acids is 1. The summed E-state index contributed by atoms with van der Waals surface area (Å²) >= 11 is 0. The Labute approximate surface area is 177 Å². The first-order valence-electron chi connectivity index (χ1n) is 8.78. The Bertz CT molecular complexity index is 1050. The number of methoxy groups -OCH3 is 1. The summed E-state index contributed by atoms with van der Waals surface area (Å²) in [6.07, 6.45) is -10.5. The van der Waals surface area contributed by atoms with Crippen LogP contribution in [0.5, 0.6) is 5.75 Å². The van der Waals surface area contributed by atoms with E-state index in [1.54, 1.807) is 24.3 Å². The molecule has 3 rings (SSSR count). The van der Waals surface area contributed by atoms with Crippen LogP contribution >= 0.6 is 0 Å². The number of alkyl halides is 5. The molecule has 170 valence electrons. The molecule has 32 heavy (non-hydrogen) atoms. The van der Waals surface area contributed by atoms with Crippen molar-refractivity contribution in [3.8, 4) is 22.8 Å². The number of benzene rings is 2. The zero-order valence-electron chi connectivity index (χ0n) is 16.3. The minimum atomic E-state index is -5.83. The molecular formula is C19H15F5N4O4. The summed E-state index contributed by atoms with van der Waals surface area (Å²) in [7, 11) is 1.38. The smallest absolute Gasteiger partial charge is 0.426 e. The van der Waals surface area contributed by atoms with E-state index < -0.39 is 24.1 Å². The van der Waals surface area contributed by atoms with E-state index in [-0.39, 0.29) is 6.79 Å². The summed E-state index contributed by atoms with van der Waals surface area (Å²) in [6.45, 7) is -0.191. The lowest BCUT2D eigenvalue weighted by Crippen LogP contribution is -2.41. The van der Waals surface area contributed by atoms with Gasteiger partial charge < -0.3 is 14.2 Å². The zero-order chi connectivity index (χ0) is 23.4. The van der Waals surface area contributed by atoms with Crippen LogP contribution in [0.25, 0.3) is 17.1 Å². The van der Waals surface area contributed by atoms with Gasteiger partial charge in [-0.3, -0.25) is 5.32 Å². The van der Waals surface area contributed by atoms with Crippen LogP contribution in [0.2, 0.25) is 0 Å². The van der Waals surface area contributed by atoms with E-state index in [2.05, 4.69) is 24.9 Å². The van der Waals surface area contributed by atoms with Gasteiger partial charge in [0.2, 0.25) is 0 Å². The number of ether oxygens (including phenoxy) is 3. The fourth-order valence-electron chi connectivity index (χ4n) is 2.36. The molecule has 1 N–H and O–H groups in total. The highest BCUT2D eigenvalue weighted by molar-refractivity contribution is 5.84. The minimum Gasteiger partial charge on any atom is -0.426 e. The Morgan fingerprint density at radius 1 is 1.03 bits per heavy atom. The Hall–Kier alpha value is -3.74. The molecule has 2 aromatic carbocycles. The first-order valence-corrected chi connectivity index (χ1v) is 8.78. The second kappa shape index (κ2) is 9.18. The molecule has 0 spiro atoms. The highest BCUT2D eigenvalue weighted by atomic mass is 19.4. The zero-order valence-corrected chi connectivity index (χ0v) is 16.3. The average molecular weight is 458 g/mol. The lowest BCUT2D eigenvalue weighted by molar-refractivity contribution is -0.360. The van der Waals surface area contributed by atoms with E-state index in [9.17, 15) is 26.7 Å². The summed E-state index contributed by atoms with van der Waals surface area (Å²) in [5.74, 6) is -0.356. The molecule has 13 heteroatoms. The number of nitrogens with one attached hydrogen (secondary N) is 1. The maximum absolute atomic E-state index is 13.0. The van der Waals surface area contributed by atoms with Gasteiger partial charge in [0, 0.05) is 18.4 Å². The van der Waals surface area contributed by atoms with E-state index >= 15 is 0 Å². The normalized spacial score (nSPS) is 11.8. The topological polar surface area (TPSA) is 87.5 Å². The average Bonchev–Trinajstić information content (AvgIpc) is 3.22. The molecule has 0 aliphatic heterocycles. The summed E-state index contributed by atoms with van der Waals surface area (Å²) < 4.78 is 77.0. The predicted octanol–water partition coefficient (Wildman–Crippen LogP) is 4.62. The Morgan fingerprint density at radius 3 is 2.28 bits per heavy atom. The maximum Gasteiger partial charge on any atom is 0.499 e. The first kappa shape index (κ1) is 22.9. The predicted molar refractivity (Wildman–Crippen MR) is 100 cm³/mol.